The molecule has 0 bridgehead atoms. The summed E-state index contributed by atoms with van der Waals surface area (Å²) in [6, 6.07) is 0. The van der Waals surface area contributed by atoms with Crippen LogP contribution in [0.15, 0.2) is 0 Å². The highest BCUT2D eigenvalue weighted by Gasteiger charge is 2.33. The third-order valence-electron chi connectivity index (χ3n) is 1.32. The van der Waals surface area contributed by atoms with Gasteiger partial charge in [-0.15, -0.1) is 0 Å². The molecule has 1 rings (SSSR count). The molecular weight excluding hydrogens is 163 g/mol. The molecule has 5 heteroatoms. The third-order valence-corrected chi connectivity index (χ3v) is 2.32. The van der Waals surface area contributed by atoms with Gasteiger partial charge >= 0.3 is 5.51 Å². The Balaban J connectivity index is 2.24. The molecule has 1 unspecified atom stereocenters. The Morgan fingerprint density at radius 1 is 1.40 bits per heavy atom. The first-order chi connectivity index (χ1) is 4.58. The molecule has 0 aliphatic carbocycles. The Morgan fingerprint density at radius 3 is 2.50 bits per heavy atom. The summed E-state index contributed by atoms with van der Waals surface area (Å²) in [7, 11) is 0. The van der Waals surface area contributed by atoms with Gasteiger partial charge in [0.2, 0.25) is 0 Å². The summed E-state index contributed by atoms with van der Waals surface area (Å²) in [6.45, 7) is 1.21. The standard InChI is InChI=1S/C5H8F3NS/c6-5(7,8)10-4-1-2-9-3-4/h4,9H,1-3H2. The maximum atomic E-state index is 11.6. The molecule has 0 radical (unpaired) electrons. The molecule has 0 spiro atoms. The summed E-state index contributed by atoms with van der Waals surface area (Å²) in [5, 5.41) is 2.61. The van der Waals surface area contributed by atoms with Crippen molar-refractivity contribution in [2.75, 3.05) is 13.1 Å². The minimum absolute atomic E-state index is 0.102. The van der Waals surface area contributed by atoms with E-state index in [9.17, 15) is 13.2 Å². The largest absolute Gasteiger partial charge is 0.442 e. The Bertz CT molecular complexity index is 108. The van der Waals surface area contributed by atoms with Gasteiger partial charge in [0.25, 0.3) is 0 Å². The van der Waals surface area contributed by atoms with Gasteiger partial charge in [-0.1, -0.05) is 0 Å². The number of halogens is 3. The molecular formula is C5H8F3NS. The summed E-state index contributed by atoms with van der Waals surface area (Å²) in [4.78, 5) is 0. The van der Waals surface area contributed by atoms with Gasteiger partial charge in [0.15, 0.2) is 0 Å². The van der Waals surface area contributed by atoms with Gasteiger partial charge in [-0.3, -0.25) is 0 Å². The van der Waals surface area contributed by atoms with Crippen LogP contribution in [0.5, 0.6) is 0 Å². The minimum atomic E-state index is -4.06. The van der Waals surface area contributed by atoms with Crippen molar-refractivity contribution in [3.05, 3.63) is 0 Å². The lowest BCUT2D eigenvalue weighted by molar-refractivity contribution is -0.0332. The normalized spacial score (nSPS) is 27.3. The SMILES string of the molecule is FC(F)(F)SC1CCNC1. The van der Waals surface area contributed by atoms with E-state index in [1.165, 1.54) is 0 Å². The zero-order valence-corrected chi connectivity index (χ0v) is 6.06. The van der Waals surface area contributed by atoms with Gasteiger partial charge in [0.05, 0.1) is 0 Å². The van der Waals surface area contributed by atoms with Crippen molar-refractivity contribution >= 4 is 11.8 Å². The van der Waals surface area contributed by atoms with Crippen molar-refractivity contribution in [2.24, 2.45) is 0 Å². The smallest absolute Gasteiger partial charge is 0.316 e. The highest BCUT2D eigenvalue weighted by atomic mass is 32.2. The fraction of sp³-hybridized carbons (Fsp3) is 1.00. The van der Waals surface area contributed by atoms with Crippen molar-refractivity contribution in [1.29, 1.82) is 0 Å². The lowest BCUT2D eigenvalue weighted by atomic mass is 10.4. The molecule has 0 aromatic rings. The Labute approximate surface area is 61.4 Å². The summed E-state index contributed by atoms with van der Waals surface area (Å²) in [5.41, 5.74) is -4.06. The van der Waals surface area contributed by atoms with Gasteiger partial charge in [-0.05, 0) is 24.7 Å². The van der Waals surface area contributed by atoms with E-state index in [-0.39, 0.29) is 17.0 Å². The van der Waals surface area contributed by atoms with Crippen LogP contribution in [0.25, 0.3) is 0 Å². The van der Waals surface area contributed by atoms with Gasteiger partial charge < -0.3 is 5.32 Å². The quantitative estimate of drug-likeness (QED) is 0.643. The Morgan fingerprint density at radius 2 is 2.10 bits per heavy atom. The van der Waals surface area contributed by atoms with Crippen molar-refractivity contribution in [3.63, 3.8) is 0 Å². The van der Waals surface area contributed by atoms with Crippen molar-refractivity contribution < 1.29 is 13.2 Å². The molecule has 10 heavy (non-hydrogen) atoms. The molecule has 1 atom stereocenters. The van der Waals surface area contributed by atoms with E-state index < -0.39 is 5.51 Å². The van der Waals surface area contributed by atoms with Crippen LogP contribution in [0.2, 0.25) is 0 Å². The molecule has 1 aliphatic heterocycles. The van der Waals surface area contributed by atoms with Crippen LogP contribution >= 0.6 is 11.8 Å². The average Bonchev–Trinajstić information content (AvgIpc) is 2.12. The van der Waals surface area contributed by atoms with Crippen LogP contribution in [-0.2, 0) is 0 Å². The van der Waals surface area contributed by atoms with E-state index in [0.29, 0.717) is 19.5 Å². The second kappa shape index (κ2) is 3.00. The zero-order chi connectivity index (χ0) is 7.61. The highest BCUT2D eigenvalue weighted by Crippen LogP contribution is 2.35. The number of rotatable bonds is 1. The zero-order valence-electron chi connectivity index (χ0n) is 5.24. The maximum absolute atomic E-state index is 11.6. The van der Waals surface area contributed by atoms with Gasteiger partial charge in [0.1, 0.15) is 0 Å². The number of nitrogens with one attached hydrogen (secondary N) is 1. The topological polar surface area (TPSA) is 12.0 Å². The number of alkyl halides is 3. The van der Waals surface area contributed by atoms with E-state index in [2.05, 4.69) is 5.32 Å². The monoisotopic (exact) mass is 171 g/mol. The van der Waals surface area contributed by atoms with Crippen LogP contribution in [0.1, 0.15) is 6.42 Å². The van der Waals surface area contributed by atoms with Crippen LogP contribution < -0.4 is 5.32 Å². The van der Waals surface area contributed by atoms with Gasteiger partial charge in [-0.2, -0.15) is 13.2 Å². The van der Waals surface area contributed by atoms with E-state index in [4.69, 9.17) is 0 Å². The summed E-state index contributed by atoms with van der Waals surface area (Å²) in [6.07, 6.45) is 0.629. The summed E-state index contributed by atoms with van der Waals surface area (Å²) in [5.74, 6) is 0. The van der Waals surface area contributed by atoms with Crippen LogP contribution in [0.4, 0.5) is 13.2 Å². The fourth-order valence-electron chi connectivity index (χ4n) is 0.918. The third kappa shape index (κ3) is 2.79. The molecule has 1 heterocycles. The molecule has 1 saturated heterocycles. The summed E-state index contributed by atoms with van der Waals surface area (Å²) >= 11 is 0.102. The first-order valence-electron chi connectivity index (χ1n) is 3.03. The molecule has 60 valence electrons. The van der Waals surface area contributed by atoms with Gasteiger partial charge in [-0.25, -0.2) is 0 Å². The molecule has 0 amide bonds. The van der Waals surface area contributed by atoms with Crippen LogP contribution in [0, 0.1) is 0 Å². The van der Waals surface area contributed by atoms with E-state index in [0.717, 1.165) is 0 Å². The second-order valence-electron chi connectivity index (χ2n) is 2.18. The predicted octanol–water partition coefficient (Wildman–Crippen LogP) is 1.60. The lowest BCUT2D eigenvalue weighted by Crippen LogP contribution is -2.15. The van der Waals surface area contributed by atoms with Crippen LogP contribution in [0.3, 0.4) is 0 Å². The highest BCUT2D eigenvalue weighted by molar-refractivity contribution is 8.00. The first kappa shape index (κ1) is 8.20. The Kier molecular flexibility index (Phi) is 2.46. The van der Waals surface area contributed by atoms with E-state index in [1.54, 1.807) is 0 Å². The average molecular weight is 171 g/mol. The second-order valence-corrected chi connectivity index (χ2v) is 3.54. The van der Waals surface area contributed by atoms with E-state index >= 15 is 0 Å². The van der Waals surface area contributed by atoms with Crippen LogP contribution in [-0.4, -0.2) is 23.8 Å². The molecule has 1 aliphatic rings. The Hall–Kier alpha value is 0.1000. The number of hydrogen-bond acceptors (Lipinski definition) is 2. The molecule has 1 N–H and O–H groups in total. The van der Waals surface area contributed by atoms with Crippen molar-refractivity contribution in [3.8, 4) is 0 Å². The maximum Gasteiger partial charge on any atom is 0.442 e. The minimum Gasteiger partial charge on any atom is -0.316 e. The van der Waals surface area contributed by atoms with Crippen molar-refractivity contribution in [2.45, 2.75) is 17.2 Å². The number of thioether (sulfide) groups is 1. The fourth-order valence-corrected chi connectivity index (χ4v) is 1.73. The van der Waals surface area contributed by atoms with Gasteiger partial charge in [0, 0.05) is 11.8 Å². The predicted molar refractivity (Wildman–Crippen MR) is 34.9 cm³/mol. The number of hydrogen-bond donors (Lipinski definition) is 1. The lowest BCUT2D eigenvalue weighted by Gasteiger charge is -2.09. The van der Waals surface area contributed by atoms with E-state index in [1.807, 2.05) is 0 Å². The molecule has 0 saturated carbocycles. The first-order valence-corrected chi connectivity index (χ1v) is 3.91. The molecule has 0 aromatic heterocycles. The molecule has 0 aromatic carbocycles. The molecule has 1 nitrogen and oxygen atoms in total. The van der Waals surface area contributed by atoms with Crippen molar-refractivity contribution in [1.82, 2.24) is 5.32 Å². The molecule has 1 fully saturated rings. The summed E-state index contributed by atoms with van der Waals surface area (Å²) < 4.78 is 34.9.